The molecule has 110 valence electrons. The maximum Gasteiger partial charge on any atom is 0.336 e. The van der Waals surface area contributed by atoms with Crippen molar-refractivity contribution in [3.63, 3.8) is 0 Å². The van der Waals surface area contributed by atoms with Gasteiger partial charge in [0.05, 0.1) is 18.8 Å². The van der Waals surface area contributed by atoms with Crippen LogP contribution in [0.3, 0.4) is 0 Å². The lowest BCUT2D eigenvalue weighted by molar-refractivity contribution is 0.0390. The fourth-order valence-corrected chi connectivity index (χ4v) is 3.61. The molecule has 0 unspecified atom stereocenters. The summed E-state index contributed by atoms with van der Waals surface area (Å²) in [4.78, 5) is 14.6. The summed E-state index contributed by atoms with van der Waals surface area (Å²) in [6.07, 6.45) is 3.06. The molecular formula is C15H21NO3S. The summed E-state index contributed by atoms with van der Waals surface area (Å²) in [5.41, 5.74) is 2.56. The molecule has 0 saturated carbocycles. The van der Waals surface area contributed by atoms with E-state index < -0.39 is 5.97 Å². The van der Waals surface area contributed by atoms with Crippen LogP contribution in [-0.4, -0.2) is 48.8 Å². The highest BCUT2D eigenvalue weighted by Crippen LogP contribution is 2.30. The minimum atomic E-state index is -0.839. The summed E-state index contributed by atoms with van der Waals surface area (Å²) in [6, 6.07) is 0. The molecule has 0 atom stereocenters. The number of hydrogen-bond donors (Lipinski definition) is 1. The molecule has 5 heteroatoms. The third kappa shape index (κ3) is 3.48. The Hall–Kier alpha value is -1.17. The number of nitrogens with zero attached hydrogens (tertiary/aromatic N) is 1. The van der Waals surface area contributed by atoms with Crippen LogP contribution >= 0.6 is 11.3 Å². The third-order valence-corrected chi connectivity index (χ3v) is 4.87. The molecular weight excluding hydrogens is 274 g/mol. The van der Waals surface area contributed by atoms with Gasteiger partial charge in [-0.2, -0.15) is 0 Å². The van der Waals surface area contributed by atoms with Gasteiger partial charge in [-0.25, -0.2) is 4.79 Å². The zero-order valence-electron chi connectivity index (χ0n) is 12.0. The van der Waals surface area contributed by atoms with E-state index in [-0.39, 0.29) is 0 Å². The lowest BCUT2D eigenvalue weighted by atomic mass is 10.0. The van der Waals surface area contributed by atoms with E-state index in [1.54, 1.807) is 5.38 Å². The van der Waals surface area contributed by atoms with Crippen molar-refractivity contribution in [2.24, 2.45) is 0 Å². The van der Waals surface area contributed by atoms with Crippen molar-refractivity contribution in [2.75, 3.05) is 32.8 Å². The Morgan fingerprint density at radius 2 is 2.20 bits per heavy atom. The van der Waals surface area contributed by atoms with E-state index in [0.29, 0.717) is 5.56 Å². The number of allylic oxidation sites excluding steroid dienone is 1. The average Bonchev–Trinajstić information content (AvgIpc) is 2.83. The van der Waals surface area contributed by atoms with E-state index in [9.17, 15) is 4.79 Å². The number of carboxylic acids is 1. The van der Waals surface area contributed by atoms with Crippen molar-refractivity contribution in [3.05, 3.63) is 27.5 Å². The standard InChI is InChI=1S/C15H21NO3S/c1-3-12(4-5-16-6-8-19-9-7-16)14-11(2)13(10-20-14)15(17)18/h3,10H,4-9H2,1-2H3,(H,17,18)/b12-3+. The number of rotatable bonds is 5. The van der Waals surface area contributed by atoms with Gasteiger partial charge in [-0.15, -0.1) is 11.3 Å². The Balaban J connectivity index is 2.03. The number of morpholine rings is 1. The minimum Gasteiger partial charge on any atom is -0.478 e. The molecule has 0 aliphatic carbocycles. The number of aromatic carboxylic acids is 1. The maximum absolute atomic E-state index is 11.1. The van der Waals surface area contributed by atoms with Crippen molar-refractivity contribution in [1.82, 2.24) is 4.90 Å². The van der Waals surface area contributed by atoms with E-state index >= 15 is 0 Å². The van der Waals surface area contributed by atoms with Gasteiger partial charge in [0.1, 0.15) is 0 Å². The summed E-state index contributed by atoms with van der Waals surface area (Å²) in [5.74, 6) is -0.839. The van der Waals surface area contributed by atoms with Crippen LogP contribution in [0, 0.1) is 6.92 Å². The second-order valence-corrected chi connectivity index (χ2v) is 5.81. The van der Waals surface area contributed by atoms with Crippen LogP contribution in [0.15, 0.2) is 11.5 Å². The maximum atomic E-state index is 11.1. The molecule has 0 spiro atoms. The summed E-state index contributed by atoms with van der Waals surface area (Å²) in [7, 11) is 0. The topological polar surface area (TPSA) is 49.8 Å². The Morgan fingerprint density at radius 1 is 1.50 bits per heavy atom. The van der Waals surface area contributed by atoms with Crippen molar-refractivity contribution in [1.29, 1.82) is 0 Å². The van der Waals surface area contributed by atoms with Crippen LogP contribution in [0.4, 0.5) is 0 Å². The summed E-state index contributed by atoms with van der Waals surface area (Å²) in [5, 5.41) is 10.9. The normalized spacial score (nSPS) is 17.4. The highest BCUT2D eigenvalue weighted by Gasteiger charge is 2.17. The zero-order chi connectivity index (χ0) is 14.5. The van der Waals surface area contributed by atoms with Crippen LogP contribution in [0.25, 0.3) is 5.57 Å². The Bertz CT molecular complexity index is 501. The number of carbonyl (C=O) groups is 1. The average molecular weight is 295 g/mol. The molecule has 1 saturated heterocycles. The highest BCUT2D eigenvalue weighted by atomic mass is 32.1. The quantitative estimate of drug-likeness (QED) is 0.907. The summed E-state index contributed by atoms with van der Waals surface area (Å²) < 4.78 is 5.35. The van der Waals surface area contributed by atoms with Gasteiger partial charge in [0, 0.05) is 29.9 Å². The molecule has 0 bridgehead atoms. The van der Waals surface area contributed by atoms with Crippen LogP contribution in [-0.2, 0) is 4.74 Å². The van der Waals surface area contributed by atoms with Crippen LogP contribution in [0.2, 0.25) is 0 Å². The molecule has 1 aliphatic heterocycles. The molecule has 2 rings (SSSR count). The molecule has 1 aromatic rings. The molecule has 20 heavy (non-hydrogen) atoms. The number of thiophene rings is 1. The molecule has 1 aromatic heterocycles. The van der Waals surface area contributed by atoms with Crippen LogP contribution in [0.5, 0.6) is 0 Å². The Morgan fingerprint density at radius 3 is 2.75 bits per heavy atom. The van der Waals surface area contributed by atoms with E-state index in [1.165, 1.54) is 16.9 Å². The number of ether oxygens (including phenoxy) is 1. The smallest absolute Gasteiger partial charge is 0.336 e. The molecule has 0 amide bonds. The van der Waals surface area contributed by atoms with Crippen LogP contribution < -0.4 is 0 Å². The predicted molar refractivity (Wildman–Crippen MR) is 81.5 cm³/mol. The van der Waals surface area contributed by atoms with Crippen molar-refractivity contribution in [2.45, 2.75) is 20.3 Å². The molecule has 1 aliphatic rings. The Labute approximate surface area is 123 Å². The molecule has 1 N–H and O–H groups in total. The van der Waals surface area contributed by atoms with Gasteiger partial charge >= 0.3 is 5.97 Å². The van der Waals surface area contributed by atoms with E-state index in [4.69, 9.17) is 9.84 Å². The van der Waals surface area contributed by atoms with Crippen molar-refractivity contribution in [3.8, 4) is 0 Å². The lowest BCUT2D eigenvalue weighted by Gasteiger charge is -2.26. The zero-order valence-corrected chi connectivity index (χ0v) is 12.8. The van der Waals surface area contributed by atoms with E-state index in [0.717, 1.165) is 49.7 Å². The molecule has 4 nitrogen and oxygen atoms in total. The number of carboxylic acid groups (broad SMARTS) is 1. The minimum absolute atomic E-state index is 0.427. The van der Waals surface area contributed by atoms with Gasteiger partial charge < -0.3 is 9.84 Å². The second kappa shape index (κ2) is 7.02. The third-order valence-electron chi connectivity index (χ3n) is 3.71. The lowest BCUT2D eigenvalue weighted by Crippen LogP contribution is -2.36. The predicted octanol–water partition coefficient (Wildman–Crippen LogP) is 2.88. The molecule has 0 aromatic carbocycles. The molecule has 0 radical (unpaired) electrons. The SMILES string of the molecule is C/C=C(\CCN1CCOCC1)c1scc(C(=O)O)c1C. The molecule has 1 fully saturated rings. The van der Waals surface area contributed by atoms with Crippen LogP contribution in [0.1, 0.15) is 34.1 Å². The second-order valence-electron chi connectivity index (χ2n) is 4.93. The fraction of sp³-hybridized carbons (Fsp3) is 0.533. The highest BCUT2D eigenvalue weighted by molar-refractivity contribution is 7.11. The number of hydrogen-bond acceptors (Lipinski definition) is 4. The van der Waals surface area contributed by atoms with Gasteiger partial charge in [0.15, 0.2) is 0 Å². The van der Waals surface area contributed by atoms with Gasteiger partial charge in [-0.05, 0) is 31.4 Å². The molecule has 2 heterocycles. The summed E-state index contributed by atoms with van der Waals surface area (Å²) in [6.45, 7) is 8.52. The first-order chi connectivity index (χ1) is 9.63. The van der Waals surface area contributed by atoms with Gasteiger partial charge in [0.2, 0.25) is 0 Å². The van der Waals surface area contributed by atoms with Gasteiger partial charge in [0.25, 0.3) is 0 Å². The van der Waals surface area contributed by atoms with Gasteiger partial charge in [-0.3, -0.25) is 4.90 Å². The Kier molecular flexibility index (Phi) is 5.34. The first-order valence-corrected chi connectivity index (χ1v) is 7.78. The van der Waals surface area contributed by atoms with Crippen molar-refractivity contribution < 1.29 is 14.6 Å². The van der Waals surface area contributed by atoms with Gasteiger partial charge in [-0.1, -0.05) is 6.08 Å². The fourth-order valence-electron chi connectivity index (χ4n) is 2.44. The van der Waals surface area contributed by atoms with E-state index in [1.807, 2.05) is 13.8 Å². The largest absolute Gasteiger partial charge is 0.478 e. The summed E-state index contributed by atoms with van der Waals surface area (Å²) >= 11 is 1.53. The first-order valence-electron chi connectivity index (χ1n) is 6.90. The van der Waals surface area contributed by atoms with Crippen molar-refractivity contribution >= 4 is 22.9 Å². The first kappa shape index (κ1) is 15.2. The van der Waals surface area contributed by atoms with E-state index in [2.05, 4.69) is 11.0 Å². The monoisotopic (exact) mass is 295 g/mol.